The molecular formula is C12H21N3O. The number of nitrogens with zero attached hydrogens (tertiary/aromatic N) is 2. The van der Waals surface area contributed by atoms with Gasteiger partial charge in [-0.05, 0) is 33.6 Å². The molecule has 1 aromatic rings. The summed E-state index contributed by atoms with van der Waals surface area (Å²) in [5, 5.41) is 3.45. The van der Waals surface area contributed by atoms with Gasteiger partial charge in [0.15, 0.2) is 0 Å². The summed E-state index contributed by atoms with van der Waals surface area (Å²) in [6.07, 6.45) is 4.60. The fourth-order valence-corrected chi connectivity index (χ4v) is 1.67. The Morgan fingerprint density at radius 1 is 1.56 bits per heavy atom. The molecule has 0 radical (unpaired) electrons. The molecule has 0 spiro atoms. The maximum Gasteiger partial charge on any atom is 0.203 e. The van der Waals surface area contributed by atoms with Crippen molar-refractivity contribution in [1.29, 1.82) is 0 Å². The summed E-state index contributed by atoms with van der Waals surface area (Å²) in [4.78, 5) is 4.51. The zero-order valence-corrected chi connectivity index (χ0v) is 10.6. The summed E-state index contributed by atoms with van der Waals surface area (Å²) in [7, 11) is 1.75. The van der Waals surface area contributed by atoms with Gasteiger partial charge in [0.1, 0.15) is 0 Å². The zero-order chi connectivity index (χ0) is 11.8. The largest absolute Gasteiger partial charge is 0.377 e. The van der Waals surface area contributed by atoms with Gasteiger partial charge in [0.05, 0.1) is 17.8 Å². The molecular weight excluding hydrogens is 202 g/mol. The number of ether oxygens (including phenoxy) is 1. The van der Waals surface area contributed by atoms with Crippen LogP contribution in [-0.2, 0) is 11.3 Å². The summed E-state index contributed by atoms with van der Waals surface area (Å²) in [5.41, 5.74) is 0.891. The minimum atomic E-state index is -0.160. The summed E-state index contributed by atoms with van der Waals surface area (Å²) in [6, 6.07) is 0.631. The monoisotopic (exact) mass is 223 g/mol. The smallest absolute Gasteiger partial charge is 0.203 e. The Hall–Kier alpha value is -1.03. The van der Waals surface area contributed by atoms with Crippen LogP contribution in [0, 0.1) is 6.92 Å². The summed E-state index contributed by atoms with van der Waals surface area (Å²) >= 11 is 0. The quantitative estimate of drug-likeness (QED) is 0.831. The standard InChI is InChI=1S/C12H21N3O/c1-9-7-15(8-12(2,3)16-4)11(13-9)14-10-5-6-10/h7,10H,5-6,8H2,1-4H3,(H,13,14). The Balaban J connectivity index is 2.11. The molecule has 4 heteroatoms. The minimum absolute atomic E-state index is 0.160. The van der Waals surface area contributed by atoms with E-state index in [4.69, 9.17) is 4.74 Å². The topological polar surface area (TPSA) is 39.1 Å². The van der Waals surface area contributed by atoms with Gasteiger partial charge in [-0.2, -0.15) is 0 Å². The van der Waals surface area contributed by atoms with Crippen molar-refractivity contribution in [3.8, 4) is 0 Å². The lowest BCUT2D eigenvalue weighted by Crippen LogP contribution is -2.29. The van der Waals surface area contributed by atoms with Crippen LogP contribution in [0.5, 0.6) is 0 Å². The fraction of sp³-hybridized carbons (Fsp3) is 0.750. The van der Waals surface area contributed by atoms with Crippen LogP contribution >= 0.6 is 0 Å². The van der Waals surface area contributed by atoms with Crippen molar-refractivity contribution in [3.05, 3.63) is 11.9 Å². The van der Waals surface area contributed by atoms with E-state index in [0.717, 1.165) is 18.2 Å². The molecule has 1 heterocycles. The van der Waals surface area contributed by atoms with E-state index in [0.29, 0.717) is 6.04 Å². The van der Waals surface area contributed by atoms with Gasteiger partial charge in [-0.1, -0.05) is 0 Å². The predicted octanol–water partition coefficient (Wildman–Crippen LogP) is 2.19. The highest BCUT2D eigenvalue weighted by Crippen LogP contribution is 2.25. The van der Waals surface area contributed by atoms with Crippen molar-refractivity contribution in [2.75, 3.05) is 12.4 Å². The minimum Gasteiger partial charge on any atom is -0.377 e. The third-order valence-electron chi connectivity index (χ3n) is 2.91. The molecule has 0 saturated heterocycles. The molecule has 1 aliphatic rings. The van der Waals surface area contributed by atoms with Gasteiger partial charge < -0.3 is 14.6 Å². The van der Waals surface area contributed by atoms with Crippen LogP contribution in [0.2, 0.25) is 0 Å². The average molecular weight is 223 g/mol. The lowest BCUT2D eigenvalue weighted by atomic mass is 10.1. The molecule has 1 fully saturated rings. The molecule has 1 N–H and O–H groups in total. The van der Waals surface area contributed by atoms with Crippen LogP contribution < -0.4 is 5.32 Å². The lowest BCUT2D eigenvalue weighted by Gasteiger charge is -2.24. The first-order chi connectivity index (χ1) is 7.50. The first-order valence-electron chi connectivity index (χ1n) is 5.86. The highest BCUT2D eigenvalue weighted by Gasteiger charge is 2.25. The number of aromatic nitrogens is 2. The summed E-state index contributed by atoms with van der Waals surface area (Å²) < 4.78 is 7.60. The van der Waals surface area contributed by atoms with Crippen molar-refractivity contribution in [1.82, 2.24) is 9.55 Å². The SMILES string of the molecule is COC(C)(C)Cn1cc(C)nc1NC1CC1. The Labute approximate surface area is 97.0 Å². The van der Waals surface area contributed by atoms with Crippen LogP contribution in [0.15, 0.2) is 6.20 Å². The molecule has 0 aromatic carbocycles. The third kappa shape index (κ3) is 2.76. The molecule has 16 heavy (non-hydrogen) atoms. The molecule has 0 amide bonds. The van der Waals surface area contributed by atoms with E-state index in [2.05, 4.69) is 34.9 Å². The van der Waals surface area contributed by atoms with Crippen LogP contribution in [-0.4, -0.2) is 28.3 Å². The number of hydrogen-bond acceptors (Lipinski definition) is 3. The van der Waals surface area contributed by atoms with Crippen LogP contribution in [0.4, 0.5) is 5.95 Å². The Bertz CT molecular complexity index is 366. The fourth-order valence-electron chi connectivity index (χ4n) is 1.67. The van der Waals surface area contributed by atoms with Crippen molar-refractivity contribution in [2.45, 2.75) is 51.8 Å². The van der Waals surface area contributed by atoms with E-state index in [-0.39, 0.29) is 5.60 Å². The van der Waals surface area contributed by atoms with E-state index in [1.165, 1.54) is 12.8 Å². The highest BCUT2D eigenvalue weighted by atomic mass is 16.5. The lowest BCUT2D eigenvalue weighted by molar-refractivity contribution is 0.00856. The zero-order valence-electron chi connectivity index (χ0n) is 10.6. The normalized spacial score (nSPS) is 16.5. The van der Waals surface area contributed by atoms with Gasteiger partial charge >= 0.3 is 0 Å². The van der Waals surface area contributed by atoms with Crippen molar-refractivity contribution < 1.29 is 4.74 Å². The molecule has 0 unspecified atom stereocenters. The second kappa shape index (κ2) is 4.09. The molecule has 4 nitrogen and oxygen atoms in total. The number of aryl methyl sites for hydroxylation is 1. The van der Waals surface area contributed by atoms with E-state index in [9.17, 15) is 0 Å². The van der Waals surface area contributed by atoms with Crippen molar-refractivity contribution in [2.24, 2.45) is 0 Å². The molecule has 1 aliphatic carbocycles. The van der Waals surface area contributed by atoms with Crippen molar-refractivity contribution >= 4 is 5.95 Å². The molecule has 2 rings (SSSR count). The van der Waals surface area contributed by atoms with E-state index in [1.54, 1.807) is 7.11 Å². The number of anilines is 1. The highest BCUT2D eigenvalue weighted by molar-refractivity contribution is 5.32. The summed E-state index contributed by atoms with van der Waals surface area (Å²) in [5.74, 6) is 0.977. The Morgan fingerprint density at radius 3 is 2.81 bits per heavy atom. The van der Waals surface area contributed by atoms with Gasteiger partial charge in [0.25, 0.3) is 0 Å². The van der Waals surface area contributed by atoms with E-state index >= 15 is 0 Å². The number of imidazole rings is 1. The molecule has 0 atom stereocenters. The van der Waals surface area contributed by atoms with Crippen LogP contribution in [0.1, 0.15) is 32.4 Å². The van der Waals surface area contributed by atoms with Gasteiger partial charge in [-0.3, -0.25) is 0 Å². The van der Waals surface area contributed by atoms with Crippen molar-refractivity contribution in [3.63, 3.8) is 0 Å². The molecule has 1 saturated carbocycles. The first-order valence-corrected chi connectivity index (χ1v) is 5.86. The predicted molar refractivity (Wildman–Crippen MR) is 64.7 cm³/mol. The number of nitrogens with one attached hydrogen (secondary N) is 1. The molecule has 1 aromatic heterocycles. The Kier molecular flexibility index (Phi) is 2.93. The molecule has 0 aliphatic heterocycles. The maximum absolute atomic E-state index is 5.45. The van der Waals surface area contributed by atoms with Gasteiger partial charge in [0.2, 0.25) is 5.95 Å². The second-order valence-corrected chi connectivity index (χ2v) is 5.22. The molecule has 90 valence electrons. The number of hydrogen-bond donors (Lipinski definition) is 1. The number of methoxy groups -OCH3 is 1. The average Bonchev–Trinajstić information content (AvgIpc) is 2.93. The second-order valence-electron chi connectivity index (χ2n) is 5.22. The molecule has 0 bridgehead atoms. The van der Waals surface area contributed by atoms with E-state index < -0.39 is 0 Å². The van der Waals surface area contributed by atoms with E-state index in [1.807, 2.05) is 6.92 Å². The number of rotatable bonds is 5. The first kappa shape index (κ1) is 11.5. The Morgan fingerprint density at radius 2 is 2.25 bits per heavy atom. The third-order valence-corrected chi connectivity index (χ3v) is 2.91. The van der Waals surface area contributed by atoms with Crippen LogP contribution in [0.3, 0.4) is 0 Å². The van der Waals surface area contributed by atoms with Crippen LogP contribution in [0.25, 0.3) is 0 Å². The maximum atomic E-state index is 5.45. The summed E-state index contributed by atoms with van der Waals surface area (Å²) in [6.45, 7) is 7.01. The van der Waals surface area contributed by atoms with Gasteiger partial charge in [-0.25, -0.2) is 4.98 Å². The van der Waals surface area contributed by atoms with Gasteiger partial charge in [-0.15, -0.1) is 0 Å². The van der Waals surface area contributed by atoms with Gasteiger partial charge in [0, 0.05) is 19.3 Å².